The number of urea groups is 2. The molecule has 2 fully saturated rings. The van der Waals surface area contributed by atoms with E-state index in [4.69, 9.17) is 10.1 Å². The van der Waals surface area contributed by atoms with Crippen LogP contribution in [0, 0.1) is 6.92 Å². The summed E-state index contributed by atoms with van der Waals surface area (Å²) in [5.74, 6) is 2.28. The molecule has 0 aliphatic carbocycles. The van der Waals surface area contributed by atoms with Crippen molar-refractivity contribution in [1.82, 2.24) is 28.9 Å². The summed E-state index contributed by atoms with van der Waals surface area (Å²) < 4.78 is 28.1. The maximum atomic E-state index is 13.4. The van der Waals surface area contributed by atoms with E-state index in [-0.39, 0.29) is 134 Å². The molecule has 22 heteroatoms. The smallest absolute Gasteiger partial charge is 1.00 e. The van der Waals surface area contributed by atoms with Gasteiger partial charge >= 0.3 is 115 Å². The van der Waals surface area contributed by atoms with Gasteiger partial charge in [-0.15, -0.1) is 0 Å². The maximum absolute atomic E-state index is 13.4. The molecule has 0 bridgehead atoms. The molecule has 390 valence electrons. The van der Waals surface area contributed by atoms with Gasteiger partial charge in [-0.3, -0.25) is 4.79 Å². The molecule has 6 heterocycles. The molecule has 5 N–H and O–H groups in total. The Kier molecular flexibility index (Phi) is 22.1. The third-order valence-electron chi connectivity index (χ3n) is 13.1. The fraction of sp³-hybridized carbons (Fsp3) is 0.196. The summed E-state index contributed by atoms with van der Waals surface area (Å²) in [7, 11) is -3.81. The molecule has 11 rings (SSSR count). The number of aromatic nitrogens is 6. The van der Waals surface area contributed by atoms with E-state index in [0.717, 1.165) is 96.0 Å². The first-order chi connectivity index (χ1) is 37.1. The van der Waals surface area contributed by atoms with Crippen LogP contribution >= 0.6 is 0 Å². The number of H-pyrrole nitrogens is 1. The molecule has 78 heavy (non-hydrogen) atoms. The molecule has 9 aromatic rings. The van der Waals surface area contributed by atoms with Crippen LogP contribution in [0.1, 0.15) is 55.6 Å². The number of aromatic amines is 1. The Balaban J connectivity index is 0.000000238. The Labute approximate surface area is 538 Å². The van der Waals surface area contributed by atoms with Gasteiger partial charge in [-0.05, 0) is 117 Å². The predicted octanol–water partition coefficient (Wildman–Crippen LogP) is 3.55. The zero-order valence-electron chi connectivity index (χ0n) is 44.5. The number of nitrogens with one attached hydrogen (secondary N) is 5. The second kappa shape index (κ2) is 28.8. The number of carbonyl (C=O) groups excluding carboxylic acids is 3. The number of carbonyl (C=O) groups is 3. The number of rotatable bonds is 11. The molecule has 2 aliphatic rings. The van der Waals surface area contributed by atoms with Gasteiger partial charge in [0.1, 0.15) is 29.9 Å². The Hall–Kier alpha value is -5.87. The van der Waals surface area contributed by atoms with Gasteiger partial charge in [-0.25, -0.2) is 41.9 Å². The number of aryl methyl sites for hydroxylation is 1. The van der Waals surface area contributed by atoms with Crippen molar-refractivity contribution in [2.75, 3.05) is 57.2 Å². The topological polar surface area (TPSA) is 245 Å². The zero-order valence-corrected chi connectivity index (χ0v) is 50.5. The van der Waals surface area contributed by atoms with Crippen molar-refractivity contribution < 1.29 is 137 Å². The Morgan fingerprint density at radius 1 is 0.641 bits per heavy atom. The number of para-hydroxylation sites is 2. The number of piperidine rings is 2. The van der Waals surface area contributed by atoms with E-state index in [0.29, 0.717) is 29.3 Å². The molecule has 2 unspecified atom stereocenters. The van der Waals surface area contributed by atoms with Crippen molar-refractivity contribution in [3.63, 3.8) is 0 Å². The van der Waals surface area contributed by atoms with Gasteiger partial charge in [-0.1, -0.05) is 78.4 Å². The van der Waals surface area contributed by atoms with Crippen LogP contribution in [0.5, 0.6) is 0 Å². The minimum absolute atomic E-state index is 0. The van der Waals surface area contributed by atoms with E-state index in [1.54, 1.807) is 42.9 Å². The molecule has 0 radical (unpaired) electrons. The largest absolute Gasteiger partial charge is 1.00 e. The SMILES string of the molecule is Cc1ccc(S(=O)(=O)n2ccc3c(N4CCCC(c5cccc(NC(=O)Nc6ccccc6)c5)C4)ncnc32)cc1.O=C(Nc1ccccc1)Nc1cccc(C2CCCN(c3ncnc4[nH]ccc34)C2)c1.O=CO[O-].[H-].[K+].[K+]. The maximum Gasteiger partial charge on any atom is 1.00 e. The van der Waals surface area contributed by atoms with Crippen LogP contribution < -0.4 is 139 Å². The second-order valence-corrected chi connectivity index (χ2v) is 20.0. The number of benzene rings is 5. The minimum Gasteiger partial charge on any atom is -1.00 e. The first-order valence-electron chi connectivity index (χ1n) is 24.7. The van der Waals surface area contributed by atoms with Gasteiger partial charge in [0.15, 0.2) is 5.65 Å². The summed E-state index contributed by atoms with van der Waals surface area (Å²) in [6.07, 6.45) is 10.6. The van der Waals surface area contributed by atoms with E-state index < -0.39 is 10.0 Å². The average Bonchev–Trinajstić information content (AvgIpc) is 4.20. The summed E-state index contributed by atoms with van der Waals surface area (Å²) in [5.41, 5.74) is 7.55. The van der Waals surface area contributed by atoms with Crippen molar-refractivity contribution >= 4 is 85.0 Å². The van der Waals surface area contributed by atoms with E-state index in [1.807, 2.05) is 110 Å². The summed E-state index contributed by atoms with van der Waals surface area (Å²) in [6, 6.07) is 44.8. The van der Waals surface area contributed by atoms with Crippen molar-refractivity contribution in [2.24, 2.45) is 0 Å². The molecule has 2 saturated heterocycles. The van der Waals surface area contributed by atoms with Crippen LogP contribution in [0.25, 0.3) is 22.1 Å². The van der Waals surface area contributed by atoms with Crippen molar-refractivity contribution in [1.29, 1.82) is 0 Å². The molecule has 4 aromatic heterocycles. The van der Waals surface area contributed by atoms with Crippen molar-refractivity contribution in [3.05, 3.63) is 187 Å². The molecule has 0 saturated carbocycles. The van der Waals surface area contributed by atoms with Crippen LogP contribution in [-0.2, 0) is 19.7 Å². The van der Waals surface area contributed by atoms with Crippen molar-refractivity contribution in [3.8, 4) is 0 Å². The first-order valence-corrected chi connectivity index (χ1v) is 26.1. The summed E-state index contributed by atoms with van der Waals surface area (Å²) in [6.45, 7) is 5.11. The molecule has 5 aromatic carbocycles. The quantitative estimate of drug-likeness (QED) is 0.0540. The Bertz CT molecular complexity index is 3550. The molecule has 4 amide bonds. The Morgan fingerprint density at radius 3 is 1.65 bits per heavy atom. The van der Waals surface area contributed by atoms with E-state index in [1.165, 1.54) is 15.9 Å². The first kappa shape index (κ1) is 59.8. The monoisotopic (exact) mass is 1120 g/mol. The van der Waals surface area contributed by atoms with E-state index in [9.17, 15) is 18.0 Å². The van der Waals surface area contributed by atoms with Gasteiger partial charge in [0.05, 0.1) is 15.7 Å². The summed E-state index contributed by atoms with van der Waals surface area (Å²) >= 11 is 0. The fourth-order valence-corrected chi connectivity index (χ4v) is 10.9. The number of hydrogen-bond donors (Lipinski definition) is 5. The van der Waals surface area contributed by atoms with Crippen LogP contribution in [0.2, 0.25) is 0 Å². The average molecular weight is 1120 g/mol. The van der Waals surface area contributed by atoms with E-state index in [2.05, 4.69) is 79.1 Å². The molecule has 19 nitrogen and oxygen atoms in total. The molecule has 2 atom stereocenters. The third-order valence-corrected chi connectivity index (χ3v) is 14.8. The molecular formula is C56H56K2N12O7S. The minimum atomic E-state index is -3.81. The van der Waals surface area contributed by atoms with Gasteiger partial charge in [0, 0.05) is 73.2 Å². The third kappa shape index (κ3) is 15.3. The number of amides is 4. The second-order valence-electron chi connectivity index (χ2n) is 18.2. The van der Waals surface area contributed by atoms with Crippen LogP contribution in [0.15, 0.2) is 176 Å². The molecule has 0 spiro atoms. The standard InChI is InChI=1S/C31H30N6O3S.C24H24N6O.CH2O3.2K.H/c1-22-12-14-27(15-13-22)41(39,40)37-18-16-28-29(32-21-33-30(28)37)36-17-6-8-24(20-36)23-7-5-11-26(19-23)35-31(38)34-25-9-3-2-4-10-25;31-24(28-19-8-2-1-3-9-19)29-20-10-4-6-17(14-20)18-7-5-13-30(15-18)23-21-11-12-25-22(21)26-16-27-23;2-1-4-3;;;/h2-5,7,9-16,18-19,21,24H,6,8,17,20H2,1H3,(H2,34,35,38);1-4,6,8-12,14,16,18H,5,7,13,15H2,(H,25,26,27)(H2,28,29,31);1,3H;;;/q;;;2*+1;-1/p-1. The van der Waals surface area contributed by atoms with Gasteiger partial charge in [0.2, 0.25) is 0 Å². The summed E-state index contributed by atoms with van der Waals surface area (Å²) in [5, 5.41) is 21.7. The van der Waals surface area contributed by atoms with Gasteiger partial charge < -0.3 is 47.6 Å². The number of hydrogen-bond acceptors (Lipinski definition) is 13. The van der Waals surface area contributed by atoms with E-state index >= 15 is 0 Å². The molecule has 2 aliphatic heterocycles. The Morgan fingerprint density at radius 2 is 1.13 bits per heavy atom. The summed E-state index contributed by atoms with van der Waals surface area (Å²) in [4.78, 5) is 61.8. The number of anilines is 6. The van der Waals surface area contributed by atoms with Crippen LogP contribution in [0.3, 0.4) is 0 Å². The molecular weight excluding hydrogens is 1060 g/mol. The normalized spacial score (nSPS) is 14.9. The van der Waals surface area contributed by atoms with Gasteiger partial charge in [0.25, 0.3) is 16.5 Å². The zero-order chi connectivity index (χ0) is 52.9. The van der Waals surface area contributed by atoms with Crippen LogP contribution in [0.4, 0.5) is 44.0 Å². The van der Waals surface area contributed by atoms with Crippen molar-refractivity contribution in [2.45, 2.75) is 49.3 Å². The number of nitrogens with zero attached hydrogens (tertiary/aromatic N) is 7. The predicted molar refractivity (Wildman–Crippen MR) is 293 cm³/mol. The van der Waals surface area contributed by atoms with Gasteiger partial charge in [-0.2, -0.15) is 0 Å². The van der Waals surface area contributed by atoms with Crippen LogP contribution in [-0.4, -0.2) is 82.0 Å². The number of fused-ring (bicyclic) bond motifs is 2. The fourth-order valence-electron chi connectivity index (χ4n) is 9.55.